The van der Waals surface area contributed by atoms with Gasteiger partial charge in [0.1, 0.15) is 12.0 Å². The van der Waals surface area contributed by atoms with Gasteiger partial charge in [0.2, 0.25) is 11.8 Å². The molecule has 0 radical (unpaired) electrons. The number of nitrogens with one attached hydrogen (secondary N) is 2. The Morgan fingerprint density at radius 3 is 2.62 bits per heavy atom. The van der Waals surface area contributed by atoms with E-state index in [4.69, 9.17) is 10.8 Å². The lowest BCUT2D eigenvalue weighted by molar-refractivity contribution is -0.150. The molecule has 12 nitrogen and oxygen atoms in total. The van der Waals surface area contributed by atoms with E-state index in [-0.39, 0.29) is 32.2 Å². The molecule has 6 N–H and O–H groups in total. The van der Waals surface area contributed by atoms with Crippen molar-refractivity contribution in [1.82, 2.24) is 20.2 Å². The lowest BCUT2D eigenvalue weighted by atomic mass is 9.93. The SMILES string of the molecule is NCC(=O)N[C@@H](CCC(=O)O)C(=O)[C@H]1CCN([C@@H](Cc2cnc[nH]2)C(=O)O)C1=O. The molecule has 1 aliphatic heterocycles. The van der Waals surface area contributed by atoms with E-state index in [9.17, 15) is 29.1 Å². The molecule has 0 spiro atoms. The predicted octanol–water partition coefficient (Wildman–Crippen LogP) is -1.87. The summed E-state index contributed by atoms with van der Waals surface area (Å²) in [7, 11) is 0. The lowest BCUT2D eigenvalue weighted by Crippen LogP contribution is -2.49. The molecule has 0 unspecified atom stereocenters. The van der Waals surface area contributed by atoms with Gasteiger partial charge in [-0.15, -0.1) is 0 Å². The van der Waals surface area contributed by atoms with E-state index in [1.165, 1.54) is 12.5 Å². The third-order valence-corrected chi connectivity index (χ3v) is 4.72. The van der Waals surface area contributed by atoms with Crippen LogP contribution in [-0.4, -0.2) is 79.8 Å². The number of aromatic nitrogens is 2. The second kappa shape index (κ2) is 9.78. The summed E-state index contributed by atoms with van der Waals surface area (Å²) in [6.07, 6.45) is 2.33. The fourth-order valence-corrected chi connectivity index (χ4v) is 3.26. The number of likely N-dealkylation sites (tertiary alicyclic amines) is 1. The first-order valence-corrected chi connectivity index (χ1v) is 9.00. The molecule has 1 saturated heterocycles. The van der Waals surface area contributed by atoms with Crippen LogP contribution >= 0.6 is 0 Å². The highest BCUT2D eigenvalue weighted by Gasteiger charge is 2.44. The smallest absolute Gasteiger partial charge is 0.326 e. The number of H-pyrrole nitrogens is 1. The Morgan fingerprint density at radius 2 is 2.07 bits per heavy atom. The normalized spacial score (nSPS) is 18.3. The number of carbonyl (C=O) groups excluding carboxylic acids is 3. The highest BCUT2D eigenvalue weighted by molar-refractivity contribution is 6.06. The Hall–Kier alpha value is -3.28. The zero-order valence-electron chi connectivity index (χ0n) is 15.5. The molecule has 158 valence electrons. The van der Waals surface area contributed by atoms with Gasteiger partial charge in [0.15, 0.2) is 5.78 Å². The molecule has 2 heterocycles. The summed E-state index contributed by atoms with van der Waals surface area (Å²) in [6.45, 7) is -0.344. The number of rotatable bonds is 11. The van der Waals surface area contributed by atoms with Crippen molar-refractivity contribution >= 4 is 29.5 Å². The first-order chi connectivity index (χ1) is 13.7. The molecular formula is C17H23N5O7. The van der Waals surface area contributed by atoms with Crippen molar-refractivity contribution in [2.24, 2.45) is 11.7 Å². The first kappa shape index (κ1) is 22.0. The van der Waals surface area contributed by atoms with E-state index in [0.29, 0.717) is 5.69 Å². The quantitative estimate of drug-likeness (QED) is 0.260. The number of hydrogen-bond acceptors (Lipinski definition) is 7. The Morgan fingerprint density at radius 1 is 1.34 bits per heavy atom. The van der Waals surface area contributed by atoms with Gasteiger partial charge in [-0.05, 0) is 12.8 Å². The fourth-order valence-electron chi connectivity index (χ4n) is 3.26. The summed E-state index contributed by atoms with van der Waals surface area (Å²) in [5, 5.41) is 20.7. The van der Waals surface area contributed by atoms with Crippen molar-refractivity contribution < 1.29 is 34.2 Å². The van der Waals surface area contributed by atoms with E-state index in [2.05, 4.69) is 15.3 Å². The maximum absolute atomic E-state index is 12.8. The number of Topliss-reactive ketones (excluding diaryl/α,β-unsaturated/α-hetero) is 1. The monoisotopic (exact) mass is 409 g/mol. The van der Waals surface area contributed by atoms with Gasteiger partial charge >= 0.3 is 11.9 Å². The Labute approximate surface area is 165 Å². The van der Waals surface area contributed by atoms with E-state index in [0.717, 1.165) is 4.90 Å². The van der Waals surface area contributed by atoms with Gasteiger partial charge < -0.3 is 31.1 Å². The average molecular weight is 409 g/mol. The molecule has 1 fully saturated rings. The minimum absolute atomic E-state index is 0.00562. The topological polar surface area (TPSA) is 196 Å². The van der Waals surface area contributed by atoms with Crippen LogP contribution in [0.1, 0.15) is 25.0 Å². The molecule has 1 aromatic rings. The molecule has 2 rings (SSSR count). The molecule has 2 amide bonds. The van der Waals surface area contributed by atoms with Crippen molar-refractivity contribution in [3.05, 3.63) is 18.2 Å². The predicted molar refractivity (Wildman–Crippen MR) is 96.4 cm³/mol. The van der Waals surface area contributed by atoms with Crippen molar-refractivity contribution in [2.45, 2.75) is 37.8 Å². The minimum Gasteiger partial charge on any atom is -0.481 e. The highest BCUT2D eigenvalue weighted by Crippen LogP contribution is 2.25. The number of nitrogens with two attached hydrogens (primary N) is 1. The van der Waals surface area contributed by atoms with Gasteiger partial charge in [-0.2, -0.15) is 0 Å². The lowest BCUT2D eigenvalue weighted by Gasteiger charge is -2.25. The van der Waals surface area contributed by atoms with Crippen LogP contribution in [0.15, 0.2) is 12.5 Å². The molecule has 3 atom stereocenters. The van der Waals surface area contributed by atoms with Crippen LogP contribution in [0.25, 0.3) is 0 Å². The van der Waals surface area contributed by atoms with E-state index < -0.39 is 54.1 Å². The summed E-state index contributed by atoms with van der Waals surface area (Å²) in [5.74, 6) is -5.50. The molecule has 0 aromatic carbocycles. The van der Waals surface area contributed by atoms with E-state index in [1.54, 1.807) is 0 Å². The van der Waals surface area contributed by atoms with Crippen LogP contribution in [0.3, 0.4) is 0 Å². The van der Waals surface area contributed by atoms with Crippen molar-refractivity contribution in [2.75, 3.05) is 13.1 Å². The zero-order valence-corrected chi connectivity index (χ0v) is 15.5. The van der Waals surface area contributed by atoms with Gasteiger partial charge in [-0.3, -0.25) is 19.2 Å². The van der Waals surface area contributed by atoms with Crippen LogP contribution in [0.5, 0.6) is 0 Å². The molecule has 12 heteroatoms. The summed E-state index contributed by atoms with van der Waals surface area (Å²) in [5.41, 5.74) is 5.75. The van der Waals surface area contributed by atoms with E-state index >= 15 is 0 Å². The number of aromatic amines is 1. The largest absolute Gasteiger partial charge is 0.481 e. The number of imidazole rings is 1. The van der Waals surface area contributed by atoms with Crippen molar-refractivity contribution in [3.63, 3.8) is 0 Å². The van der Waals surface area contributed by atoms with Gasteiger partial charge in [0.25, 0.3) is 0 Å². The highest BCUT2D eigenvalue weighted by atomic mass is 16.4. The minimum atomic E-state index is -1.22. The number of carbonyl (C=O) groups is 5. The molecule has 1 aromatic heterocycles. The number of hydrogen-bond donors (Lipinski definition) is 5. The maximum atomic E-state index is 12.8. The fraction of sp³-hybridized carbons (Fsp3) is 0.529. The standard InChI is InChI=1S/C17H23N5O7/c18-6-13(23)21-11(1-2-14(24)25)15(26)10-3-4-22(16(10)27)12(17(28)29)5-9-7-19-8-20-9/h7-8,10-12H,1-6,18H2,(H,19,20)(H,21,23)(H,24,25)(H,28,29)/t10-,11+,12+/m1/s1. The Kier molecular flexibility index (Phi) is 7.42. The van der Waals surface area contributed by atoms with Crippen LogP contribution in [0.2, 0.25) is 0 Å². The molecule has 0 bridgehead atoms. The van der Waals surface area contributed by atoms with Crippen molar-refractivity contribution in [1.29, 1.82) is 0 Å². The van der Waals surface area contributed by atoms with Gasteiger partial charge in [-0.25, -0.2) is 9.78 Å². The van der Waals surface area contributed by atoms with Gasteiger partial charge in [0.05, 0.1) is 18.9 Å². The number of carboxylic acid groups (broad SMARTS) is 2. The second-order valence-electron chi connectivity index (χ2n) is 6.67. The summed E-state index contributed by atoms with van der Waals surface area (Å²) < 4.78 is 0. The van der Waals surface area contributed by atoms with Crippen LogP contribution in [0.4, 0.5) is 0 Å². The third kappa shape index (κ3) is 5.60. The molecule has 0 saturated carbocycles. The first-order valence-electron chi connectivity index (χ1n) is 9.00. The summed E-state index contributed by atoms with van der Waals surface area (Å²) in [4.78, 5) is 67.4. The van der Waals surface area contributed by atoms with Crippen LogP contribution in [0, 0.1) is 5.92 Å². The number of nitrogens with zero attached hydrogens (tertiary/aromatic N) is 2. The van der Waals surface area contributed by atoms with Gasteiger partial charge in [0, 0.05) is 31.3 Å². The number of aliphatic carboxylic acids is 2. The second-order valence-corrected chi connectivity index (χ2v) is 6.67. The zero-order chi connectivity index (χ0) is 21.6. The van der Waals surface area contributed by atoms with E-state index in [1.807, 2.05) is 0 Å². The molecule has 1 aliphatic rings. The van der Waals surface area contributed by atoms with Crippen LogP contribution < -0.4 is 11.1 Å². The summed E-state index contributed by atoms with van der Waals surface area (Å²) in [6, 6.07) is -2.37. The Balaban J connectivity index is 2.13. The molecular weight excluding hydrogens is 386 g/mol. The summed E-state index contributed by atoms with van der Waals surface area (Å²) >= 11 is 0. The average Bonchev–Trinajstić information content (AvgIpc) is 3.31. The number of ketones is 1. The van der Waals surface area contributed by atoms with Crippen molar-refractivity contribution in [3.8, 4) is 0 Å². The van der Waals surface area contributed by atoms with Crippen LogP contribution in [-0.2, 0) is 30.4 Å². The van der Waals surface area contributed by atoms with Gasteiger partial charge in [-0.1, -0.05) is 0 Å². The molecule has 29 heavy (non-hydrogen) atoms. The molecule has 0 aliphatic carbocycles. The Bertz CT molecular complexity index is 779. The number of carboxylic acids is 2. The third-order valence-electron chi connectivity index (χ3n) is 4.72. The maximum Gasteiger partial charge on any atom is 0.326 e. The number of amides is 2.